The second kappa shape index (κ2) is 6.12. The molecule has 1 N–H and O–H groups in total. The van der Waals surface area contributed by atoms with Gasteiger partial charge in [-0.25, -0.2) is 4.98 Å². The average Bonchev–Trinajstić information content (AvgIpc) is 3.07. The van der Waals surface area contributed by atoms with Crippen molar-refractivity contribution in [2.45, 2.75) is 64.5 Å². The third-order valence-corrected chi connectivity index (χ3v) is 5.95. The first kappa shape index (κ1) is 14.5. The lowest BCUT2D eigenvalue weighted by molar-refractivity contribution is -0.130. The maximum absolute atomic E-state index is 5.96. The number of hydrogen-bond donors (Lipinski definition) is 1. The van der Waals surface area contributed by atoms with Gasteiger partial charge in [0.2, 0.25) is 0 Å². The molecule has 2 aliphatic carbocycles. The van der Waals surface area contributed by atoms with E-state index in [-0.39, 0.29) is 0 Å². The van der Waals surface area contributed by atoms with Crippen molar-refractivity contribution < 1.29 is 4.74 Å². The van der Waals surface area contributed by atoms with Gasteiger partial charge < -0.3 is 10.1 Å². The Kier molecular flexibility index (Phi) is 4.43. The van der Waals surface area contributed by atoms with Crippen LogP contribution in [0.5, 0.6) is 0 Å². The lowest BCUT2D eigenvalue weighted by atomic mass is 9.60. The summed E-state index contributed by atoms with van der Waals surface area (Å²) in [5.41, 5.74) is 1.69. The summed E-state index contributed by atoms with van der Waals surface area (Å²) in [5.74, 6) is 0. The van der Waals surface area contributed by atoms with E-state index in [1.54, 1.807) is 11.3 Å². The van der Waals surface area contributed by atoms with Crippen LogP contribution >= 0.6 is 11.3 Å². The van der Waals surface area contributed by atoms with Crippen LogP contribution in [-0.4, -0.2) is 30.3 Å². The number of nitrogens with one attached hydrogen (secondary N) is 1. The van der Waals surface area contributed by atoms with Gasteiger partial charge in [-0.15, -0.1) is 11.3 Å². The summed E-state index contributed by atoms with van der Waals surface area (Å²) in [6, 6.07) is 0.668. The molecule has 2 unspecified atom stereocenters. The lowest BCUT2D eigenvalue weighted by Gasteiger charge is -2.54. The van der Waals surface area contributed by atoms with Gasteiger partial charge in [0.15, 0.2) is 0 Å². The van der Waals surface area contributed by atoms with Crippen molar-refractivity contribution in [3.8, 4) is 0 Å². The lowest BCUT2D eigenvalue weighted by Crippen LogP contribution is -2.62. The van der Waals surface area contributed by atoms with E-state index in [9.17, 15) is 0 Å². The highest BCUT2D eigenvalue weighted by Crippen LogP contribution is 2.54. The smallest absolute Gasteiger partial charge is 0.0897 e. The third-order valence-electron chi connectivity index (χ3n) is 5.13. The normalized spacial score (nSPS) is 27.9. The van der Waals surface area contributed by atoms with Gasteiger partial charge in [-0.05, 0) is 33.1 Å². The summed E-state index contributed by atoms with van der Waals surface area (Å²) in [5, 5.41) is 7.14. The Labute approximate surface area is 126 Å². The van der Waals surface area contributed by atoms with Gasteiger partial charge in [-0.2, -0.15) is 0 Å². The predicted molar refractivity (Wildman–Crippen MR) is 83.3 cm³/mol. The molecule has 3 nitrogen and oxygen atoms in total. The molecule has 1 aromatic rings. The Bertz CT molecular complexity index is 439. The van der Waals surface area contributed by atoms with E-state index in [1.807, 2.05) is 0 Å². The van der Waals surface area contributed by atoms with Gasteiger partial charge in [-0.3, -0.25) is 0 Å². The molecule has 1 spiro atoms. The number of ether oxygens (including phenoxy) is 1. The summed E-state index contributed by atoms with van der Waals surface area (Å²) in [6.07, 6.45) is 8.23. The van der Waals surface area contributed by atoms with Crippen LogP contribution in [0.1, 0.15) is 49.7 Å². The molecule has 0 radical (unpaired) electrons. The number of nitrogens with zero attached hydrogens (tertiary/aromatic N) is 1. The van der Waals surface area contributed by atoms with Crippen molar-refractivity contribution >= 4 is 11.3 Å². The summed E-state index contributed by atoms with van der Waals surface area (Å²) >= 11 is 1.75. The maximum Gasteiger partial charge on any atom is 0.0897 e. The van der Waals surface area contributed by atoms with Crippen LogP contribution in [0, 0.1) is 12.3 Å². The topological polar surface area (TPSA) is 34.1 Å². The maximum atomic E-state index is 5.96. The van der Waals surface area contributed by atoms with Crippen molar-refractivity contribution in [2.75, 3.05) is 13.2 Å². The van der Waals surface area contributed by atoms with Crippen LogP contribution in [0.25, 0.3) is 0 Å². The molecule has 2 saturated carbocycles. The zero-order chi connectivity index (χ0) is 14.0. The van der Waals surface area contributed by atoms with Gasteiger partial charge in [0.25, 0.3) is 0 Å². The van der Waals surface area contributed by atoms with E-state index in [2.05, 4.69) is 29.5 Å². The van der Waals surface area contributed by atoms with E-state index in [1.165, 1.54) is 42.8 Å². The molecule has 2 fully saturated rings. The van der Waals surface area contributed by atoms with Gasteiger partial charge >= 0.3 is 0 Å². The molecule has 0 aliphatic heterocycles. The Balaban J connectivity index is 1.50. The minimum Gasteiger partial charge on any atom is -0.378 e. The van der Waals surface area contributed by atoms with Crippen LogP contribution in [0.15, 0.2) is 5.38 Å². The predicted octanol–water partition coefficient (Wildman–Crippen LogP) is 3.32. The molecule has 1 aromatic heterocycles. The molecule has 0 bridgehead atoms. The van der Waals surface area contributed by atoms with Crippen LogP contribution in [0.3, 0.4) is 0 Å². The molecule has 0 aromatic carbocycles. The SMILES string of the molecule is CCOC1CC(NCCc2csc(C)n2)C12CCCC2. The molecule has 0 amide bonds. The Morgan fingerprint density at radius 3 is 2.90 bits per heavy atom. The summed E-state index contributed by atoms with van der Waals surface area (Å²) in [7, 11) is 0. The standard InChI is InChI=1S/C16H26N2OS/c1-3-19-15-10-14(16(15)7-4-5-8-16)17-9-6-13-11-20-12(2)18-13/h11,14-15,17H,3-10H2,1-2H3. The second-order valence-electron chi connectivity index (χ2n) is 6.23. The molecule has 2 atom stereocenters. The fraction of sp³-hybridized carbons (Fsp3) is 0.812. The highest BCUT2D eigenvalue weighted by Gasteiger charge is 2.56. The molecular weight excluding hydrogens is 268 g/mol. The van der Waals surface area contributed by atoms with Gasteiger partial charge in [0, 0.05) is 36.4 Å². The minimum atomic E-state index is 0.452. The van der Waals surface area contributed by atoms with Crippen LogP contribution in [0.2, 0.25) is 0 Å². The summed E-state index contributed by atoms with van der Waals surface area (Å²) in [6.45, 7) is 6.10. The van der Waals surface area contributed by atoms with E-state index in [0.717, 1.165) is 19.6 Å². The van der Waals surface area contributed by atoms with E-state index in [4.69, 9.17) is 4.74 Å². The molecular formula is C16H26N2OS. The highest BCUT2D eigenvalue weighted by molar-refractivity contribution is 7.09. The van der Waals surface area contributed by atoms with Crippen molar-refractivity contribution in [3.05, 3.63) is 16.1 Å². The summed E-state index contributed by atoms with van der Waals surface area (Å²) < 4.78 is 5.96. The first-order valence-corrected chi connectivity index (χ1v) is 8.88. The number of aryl methyl sites for hydroxylation is 1. The second-order valence-corrected chi connectivity index (χ2v) is 7.30. The van der Waals surface area contributed by atoms with Crippen molar-refractivity contribution in [1.29, 1.82) is 0 Å². The molecule has 20 heavy (non-hydrogen) atoms. The first-order chi connectivity index (χ1) is 9.74. The van der Waals surface area contributed by atoms with Crippen LogP contribution < -0.4 is 5.32 Å². The highest BCUT2D eigenvalue weighted by atomic mass is 32.1. The zero-order valence-corrected chi connectivity index (χ0v) is 13.5. The molecule has 4 heteroatoms. The quantitative estimate of drug-likeness (QED) is 0.874. The monoisotopic (exact) mass is 294 g/mol. The average molecular weight is 294 g/mol. The van der Waals surface area contributed by atoms with Crippen molar-refractivity contribution in [3.63, 3.8) is 0 Å². The number of rotatable bonds is 6. The number of thiazole rings is 1. The number of aromatic nitrogens is 1. The zero-order valence-electron chi connectivity index (χ0n) is 12.7. The van der Waals surface area contributed by atoms with Gasteiger partial charge in [-0.1, -0.05) is 12.8 Å². The van der Waals surface area contributed by atoms with E-state index < -0.39 is 0 Å². The molecule has 3 rings (SSSR count). The van der Waals surface area contributed by atoms with Gasteiger partial charge in [0.05, 0.1) is 16.8 Å². The Morgan fingerprint density at radius 2 is 2.25 bits per heavy atom. The molecule has 0 saturated heterocycles. The Hall–Kier alpha value is -0.450. The number of hydrogen-bond acceptors (Lipinski definition) is 4. The molecule has 112 valence electrons. The fourth-order valence-electron chi connectivity index (χ4n) is 4.07. The molecule has 1 heterocycles. The third kappa shape index (κ3) is 2.66. The van der Waals surface area contributed by atoms with E-state index in [0.29, 0.717) is 17.6 Å². The van der Waals surface area contributed by atoms with Crippen molar-refractivity contribution in [1.82, 2.24) is 10.3 Å². The van der Waals surface area contributed by atoms with Crippen LogP contribution in [0.4, 0.5) is 0 Å². The fourth-order valence-corrected chi connectivity index (χ4v) is 4.72. The Morgan fingerprint density at radius 1 is 1.45 bits per heavy atom. The van der Waals surface area contributed by atoms with Gasteiger partial charge in [0.1, 0.15) is 0 Å². The first-order valence-electron chi connectivity index (χ1n) is 8.00. The van der Waals surface area contributed by atoms with Crippen molar-refractivity contribution in [2.24, 2.45) is 5.41 Å². The minimum absolute atomic E-state index is 0.452. The van der Waals surface area contributed by atoms with Crippen LogP contribution in [-0.2, 0) is 11.2 Å². The largest absolute Gasteiger partial charge is 0.378 e. The van der Waals surface area contributed by atoms with E-state index >= 15 is 0 Å². The summed E-state index contributed by atoms with van der Waals surface area (Å²) in [4.78, 5) is 4.54. The molecule has 2 aliphatic rings.